The van der Waals surface area contributed by atoms with Gasteiger partial charge >= 0.3 is 0 Å². The minimum absolute atomic E-state index is 0.161. The van der Waals surface area contributed by atoms with Gasteiger partial charge in [0.15, 0.2) is 0 Å². The van der Waals surface area contributed by atoms with E-state index in [0.29, 0.717) is 22.5 Å². The lowest BCUT2D eigenvalue weighted by molar-refractivity contribution is 0.0951. The Morgan fingerprint density at radius 2 is 1.93 bits per heavy atom. The van der Waals surface area contributed by atoms with Crippen LogP contribution in [0, 0.1) is 0 Å². The second kappa shape index (κ2) is 6.85. The van der Waals surface area contributed by atoms with Crippen LogP contribution in [0.4, 0.5) is 0 Å². The zero-order chi connectivity index (χ0) is 19.0. The molecule has 1 amide bonds. The molecule has 0 saturated carbocycles. The summed E-state index contributed by atoms with van der Waals surface area (Å²) in [6, 6.07) is 14.4. The first-order valence-corrected chi connectivity index (χ1v) is 8.82. The lowest BCUT2D eigenvalue weighted by Crippen LogP contribution is -2.23. The number of nitrogens with one attached hydrogen (secondary N) is 1. The molecule has 0 fully saturated rings. The van der Waals surface area contributed by atoms with Crippen molar-refractivity contribution in [2.45, 2.75) is 6.54 Å². The Bertz CT molecular complexity index is 1250. The van der Waals surface area contributed by atoms with Gasteiger partial charge in [-0.25, -0.2) is 0 Å². The van der Waals surface area contributed by atoms with Crippen molar-refractivity contribution >= 4 is 39.2 Å². The molecule has 27 heavy (non-hydrogen) atoms. The van der Waals surface area contributed by atoms with Gasteiger partial charge in [-0.3, -0.25) is 14.6 Å². The van der Waals surface area contributed by atoms with Crippen LogP contribution in [0.3, 0.4) is 0 Å². The number of fused-ring (bicyclic) bond motifs is 3. The van der Waals surface area contributed by atoms with Crippen molar-refractivity contribution in [1.82, 2.24) is 14.9 Å². The van der Waals surface area contributed by atoms with Gasteiger partial charge in [0.1, 0.15) is 0 Å². The third-order valence-electron chi connectivity index (χ3n) is 4.67. The Morgan fingerprint density at radius 1 is 1.11 bits per heavy atom. The topological polar surface area (TPSA) is 64.0 Å². The number of aromatic nitrogens is 2. The number of carbonyl (C=O) groups is 1. The molecule has 0 unspecified atom stereocenters. The molecule has 6 heteroatoms. The number of hydrogen-bond acceptors (Lipinski definition) is 3. The number of nitrogens with zero attached hydrogens (tertiary/aromatic N) is 2. The lowest BCUT2D eigenvalue weighted by Gasteiger charge is -2.10. The maximum absolute atomic E-state index is 12.7. The largest absolute Gasteiger partial charge is 0.348 e. The van der Waals surface area contributed by atoms with E-state index in [1.54, 1.807) is 42.2 Å². The Morgan fingerprint density at radius 3 is 2.74 bits per heavy atom. The summed E-state index contributed by atoms with van der Waals surface area (Å²) < 4.78 is 1.55. The average molecular weight is 378 g/mol. The number of rotatable bonds is 3. The third-order valence-corrected chi connectivity index (χ3v) is 5.03. The van der Waals surface area contributed by atoms with Crippen molar-refractivity contribution in [2.75, 3.05) is 0 Å². The minimum atomic E-state index is -0.256. The average Bonchev–Trinajstić information content (AvgIpc) is 2.71. The highest BCUT2D eigenvalue weighted by molar-refractivity contribution is 6.31. The predicted molar refractivity (Wildman–Crippen MR) is 107 cm³/mol. The van der Waals surface area contributed by atoms with Gasteiger partial charge in [-0.15, -0.1) is 0 Å². The SMILES string of the molecule is Cn1c(=O)c2cc(C(=O)NCc3ccccc3Cl)ccc2c2ccncc21. The molecule has 2 heterocycles. The molecule has 0 saturated heterocycles. The van der Waals surface area contributed by atoms with E-state index < -0.39 is 0 Å². The molecule has 0 aliphatic carbocycles. The Kier molecular flexibility index (Phi) is 4.38. The normalized spacial score (nSPS) is 11.0. The number of amides is 1. The number of hydrogen-bond donors (Lipinski definition) is 1. The molecule has 4 rings (SSSR count). The van der Waals surface area contributed by atoms with Gasteiger partial charge in [-0.1, -0.05) is 35.9 Å². The fraction of sp³-hybridized carbons (Fsp3) is 0.0952. The van der Waals surface area contributed by atoms with Crippen LogP contribution in [0.1, 0.15) is 15.9 Å². The summed E-state index contributed by atoms with van der Waals surface area (Å²) in [7, 11) is 1.70. The van der Waals surface area contributed by atoms with Gasteiger partial charge < -0.3 is 9.88 Å². The highest BCUT2D eigenvalue weighted by Crippen LogP contribution is 2.22. The fourth-order valence-corrected chi connectivity index (χ4v) is 3.39. The molecule has 0 atom stereocenters. The standard InChI is InChI=1S/C21H16ClN3O2/c1-25-19-12-23-9-8-16(19)15-7-6-13(10-17(15)21(25)27)20(26)24-11-14-4-2-3-5-18(14)22/h2-10,12H,11H2,1H3,(H,24,26). The zero-order valence-electron chi connectivity index (χ0n) is 14.6. The smallest absolute Gasteiger partial charge is 0.258 e. The van der Waals surface area contributed by atoms with Crippen LogP contribution in [0.5, 0.6) is 0 Å². The summed E-state index contributed by atoms with van der Waals surface area (Å²) in [6.07, 6.45) is 3.36. The molecule has 0 spiro atoms. The fourth-order valence-electron chi connectivity index (χ4n) is 3.19. The summed E-state index contributed by atoms with van der Waals surface area (Å²) in [5.41, 5.74) is 1.86. The van der Waals surface area contributed by atoms with Gasteiger partial charge in [0.05, 0.1) is 11.7 Å². The molecule has 0 radical (unpaired) electrons. The monoisotopic (exact) mass is 377 g/mol. The van der Waals surface area contributed by atoms with E-state index in [2.05, 4.69) is 10.3 Å². The van der Waals surface area contributed by atoms with Crippen LogP contribution < -0.4 is 10.9 Å². The molecule has 5 nitrogen and oxygen atoms in total. The third kappa shape index (κ3) is 3.06. The van der Waals surface area contributed by atoms with E-state index in [1.807, 2.05) is 30.3 Å². The summed E-state index contributed by atoms with van der Waals surface area (Å²) in [4.78, 5) is 29.4. The lowest BCUT2D eigenvalue weighted by atomic mass is 10.0. The van der Waals surface area contributed by atoms with Crippen LogP contribution in [-0.4, -0.2) is 15.5 Å². The quantitative estimate of drug-likeness (QED) is 0.554. The van der Waals surface area contributed by atoms with Crippen molar-refractivity contribution in [3.8, 4) is 0 Å². The Balaban J connectivity index is 1.72. The number of aryl methyl sites for hydroxylation is 1. The van der Waals surface area contributed by atoms with E-state index in [9.17, 15) is 9.59 Å². The second-order valence-corrected chi connectivity index (χ2v) is 6.70. The molecule has 134 valence electrons. The molecule has 0 aliphatic heterocycles. The van der Waals surface area contributed by atoms with E-state index in [0.717, 1.165) is 21.9 Å². The van der Waals surface area contributed by atoms with Crippen molar-refractivity contribution in [3.63, 3.8) is 0 Å². The summed E-state index contributed by atoms with van der Waals surface area (Å²) in [5, 5.41) is 5.68. The van der Waals surface area contributed by atoms with Crippen molar-refractivity contribution < 1.29 is 4.79 Å². The van der Waals surface area contributed by atoms with Gasteiger partial charge in [-0.2, -0.15) is 0 Å². The maximum atomic E-state index is 12.7. The molecule has 0 bridgehead atoms. The number of benzene rings is 2. The van der Waals surface area contributed by atoms with Crippen LogP contribution in [-0.2, 0) is 13.6 Å². The van der Waals surface area contributed by atoms with E-state index >= 15 is 0 Å². The van der Waals surface area contributed by atoms with Gasteiger partial charge in [-0.05, 0) is 35.2 Å². The summed E-state index contributed by atoms with van der Waals surface area (Å²) in [6.45, 7) is 0.317. The van der Waals surface area contributed by atoms with Crippen LogP contribution >= 0.6 is 11.6 Å². The highest BCUT2D eigenvalue weighted by Gasteiger charge is 2.12. The maximum Gasteiger partial charge on any atom is 0.258 e. The first-order valence-electron chi connectivity index (χ1n) is 8.44. The molecular formula is C21H16ClN3O2. The van der Waals surface area contributed by atoms with Crippen molar-refractivity contribution in [3.05, 3.63) is 87.4 Å². The van der Waals surface area contributed by atoms with E-state index in [-0.39, 0.29) is 11.5 Å². The zero-order valence-corrected chi connectivity index (χ0v) is 15.3. The molecule has 2 aromatic carbocycles. The molecule has 1 N–H and O–H groups in total. The van der Waals surface area contributed by atoms with E-state index in [1.165, 1.54) is 0 Å². The van der Waals surface area contributed by atoms with Gasteiger partial charge in [0.2, 0.25) is 0 Å². The van der Waals surface area contributed by atoms with Crippen LogP contribution in [0.25, 0.3) is 21.7 Å². The molecule has 0 aliphatic rings. The number of pyridine rings is 2. The van der Waals surface area contributed by atoms with Crippen molar-refractivity contribution in [2.24, 2.45) is 7.05 Å². The van der Waals surface area contributed by atoms with Gasteiger partial charge in [0, 0.05) is 41.1 Å². The predicted octanol–water partition coefficient (Wildman–Crippen LogP) is 3.67. The van der Waals surface area contributed by atoms with Gasteiger partial charge in [0.25, 0.3) is 11.5 Å². The molecule has 2 aromatic heterocycles. The highest BCUT2D eigenvalue weighted by atomic mass is 35.5. The van der Waals surface area contributed by atoms with E-state index in [4.69, 9.17) is 11.6 Å². The first kappa shape index (κ1) is 17.2. The molecular weight excluding hydrogens is 362 g/mol. The number of halogens is 1. The van der Waals surface area contributed by atoms with Crippen molar-refractivity contribution in [1.29, 1.82) is 0 Å². The Hall–Kier alpha value is -3.18. The minimum Gasteiger partial charge on any atom is -0.348 e. The summed E-state index contributed by atoms with van der Waals surface area (Å²) in [5.74, 6) is -0.256. The summed E-state index contributed by atoms with van der Waals surface area (Å²) >= 11 is 6.13. The number of carbonyl (C=O) groups excluding carboxylic acids is 1. The first-order chi connectivity index (χ1) is 13.1. The van der Waals surface area contributed by atoms with Crippen LogP contribution in [0.15, 0.2) is 65.7 Å². The second-order valence-electron chi connectivity index (χ2n) is 6.29. The molecule has 4 aromatic rings. The van der Waals surface area contributed by atoms with Crippen LogP contribution in [0.2, 0.25) is 5.02 Å². The Labute approximate surface area is 160 Å².